The molecule has 1 saturated heterocycles. The molecule has 1 aromatic rings. The van der Waals surface area contributed by atoms with Crippen molar-refractivity contribution in [1.82, 2.24) is 0 Å². The Morgan fingerprint density at radius 2 is 2.26 bits per heavy atom. The average molecular weight is 284 g/mol. The van der Waals surface area contributed by atoms with Crippen LogP contribution in [0.4, 0.5) is 11.4 Å². The number of rotatable bonds is 3. The van der Waals surface area contributed by atoms with E-state index in [1.165, 1.54) is 6.07 Å². The van der Waals surface area contributed by atoms with Gasteiger partial charge in [-0.3, -0.25) is 10.1 Å². The van der Waals surface area contributed by atoms with Crippen LogP contribution >= 0.6 is 11.6 Å². The molecular weight excluding hydrogens is 266 g/mol. The van der Waals surface area contributed by atoms with Crippen molar-refractivity contribution < 1.29 is 4.92 Å². The number of nitrogens with two attached hydrogens (primary N) is 1. The Morgan fingerprint density at radius 1 is 1.53 bits per heavy atom. The third kappa shape index (κ3) is 2.82. The van der Waals surface area contributed by atoms with Crippen molar-refractivity contribution in [1.29, 1.82) is 0 Å². The molecule has 2 N–H and O–H groups in total. The Balaban J connectivity index is 2.48. The summed E-state index contributed by atoms with van der Waals surface area (Å²) in [5.41, 5.74) is 6.49. The molecule has 0 amide bonds. The Hall–Kier alpha value is -1.33. The van der Waals surface area contributed by atoms with Crippen molar-refractivity contribution in [3.05, 3.63) is 33.3 Å². The van der Waals surface area contributed by atoms with Crippen molar-refractivity contribution in [2.45, 2.75) is 38.3 Å². The van der Waals surface area contributed by atoms with Gasteiger partial charge in [0.05, 0.1) is 4.92 Å². The highest BCUT2D eigenvalue weighted by atomic mass is 35.5. The fraction of sp³-hybridized carbons (Fsp3) is 0.538. The molecule has 0 saturated carbocycles. The lowest BCUT2D eigenvalue weighted by atomic mass is 9.95. The number of benzene rings is 1. The summed E-state index contributed by atoms with van der Waals surface area (Å²) in [6.45, 7) is 2.57. The standard InChI is InChI=1S/C13H18ClN3O2/c1-9-3-2-4-11(8-15)16(9)13-7-10(14)5-6-12(13)17(18)19/h5-7,9,11H,2-4,8,15H2,1H3. The molecule has 0 aromatic heterocycles. The average Bonchev–Trinajstić information content (AvgIpc) is 2.37. The molecule has 1 heterocycles. The first kappa shape index (κ1) is 14.1. The van der Waals surface area contributed by atoms with Crippen molar-refractivity contribution in [3.8, 4) is 0 Å². The third-order valence-corrected chi connectivity index (χ3v) is 3.95. The maximum atomic E-state index is 11.2. The van der Waals surface area contributed by atoms with Crippen LogP contribution in [0.2, 0.25) is 5.02 Å². The molecule has 1 aliphatic rings. The van der Waals surface area contributed by atoms with E-state index in [2.05, 4.69) is 11.8 Å². The second-order valence-electron chi connectivity index (χ2n) is 4.97. The van der Waals surface area contributed by atoms with Crippen molar-refractivity contribution in [2.24, 2.45) is 5.73 Å². The molecule has 2 unspecified atom stereocenters. The highest BCUT2D eigenvalue weighted by molar-refractivity contribution is 6.31. The van der Waals surface area contributed by atoms with Crippen LogP contribution in [0.1, 0.15) is 26.2 Å². The zero-order valence-corrected chi connectivity index (χ0v) is 11.6. The number of halogens is 1. The van der Waals surface area contributed by atoms with Gasteiger partial charge in [0, 0.05) is 29.7 Å². The molecule has 5 nitrogen and oxygen atoms in total. The van der Waals surface area contributed by atoms with Crippen LogP contribution in [-0.2, 0) is 0 Å². The van der Waals surface area contributed by atoms with E-state index in [-0.39, 0.29) is 22.7 Å². The number of hydrogen-bond donors (Lipinski definition) is 1. The van der Waals surface area contributed by atoms with Crippen LogP contribution in [0.25, 0.3) is 0 Å². The largest absolute Gasteiger partial charge is 0.359 e. The second kappa shape index (κ2) is 5.75. The summed E-state index contributed by atoms with van der Waals surface area (Å²) in [5, 5.41) is 11.7. The summed E-state index contributed by atoms with van der Waals surface area (Å²) in [6.07, 6.45) is 3.08. The van der Waals surface area contributed by atoms with E-state index < -0.39 is 0 Å². The van der Waals surface area contributed by atoms with E-state index in [1.54, 1.807) is 12.1 Å². The topological polar surface area (TPSA) is 72.4 Å². The number of nitro benzene ring substituents is 1. The van der Waals surface area contributed by atoms with Gasteiger partial charge in [-0.25, -0.2) is 0 Å². The highest BCUT2D eigenvalue weighted by Crippen LogP contribution is 2.37. The number of nitrogens with zero attached hydrogens (tertiary/aromatic N) is 2. The zero-order valence-electron chi connectivity index (χ0n) is 10.9. The van der Waals surface area contributed by atoms with E-state index in [0.29, 0.717) is 17.3 Å². The normalized spacial score (nSPS) is 23.4. The van der Waals surface area contributed by atoms with Gasteiger partial charge in [0.2, 0.25) is 0 Å². The Bertz CT molecular complexity index is 481. The molecule has 0 spiro atoms. The summed E-state index contributed by atoms with van der Waals surface area (Å²) in [7, 11) is 0. The number of piperidine rings is 1. The molecule has 6 heteroatoms. The molecule has 104 valence electrons. The number of nitro groups is 1. The van der Waals surface area contributed by atoms with Gasteiger partial charge in [0.1, 0.15) is 5.69 Å². The van der Waals surface area contributed by atoms with E-state index in [4.69, 9.17) is 17.3 Å². The smallest absolute Gasteiger partial charge is 0.292 e. The lowest BCUT2D eigenvalue weighted by molar-refractivity contribution is -0.384. The maximum Gasteiger partial charge on any atom is 0.292 e. The van der Waals surface area contributed by atoms with Gasteiger partial charge in [-0.15, -0.1) is 0 Å². The molecule has 0 bridgehead atoms. The molecule has 2 rings (SSSR count). The van der Waals surface area contributed by atoms with Gasteiger partial charge in [-0.1, -0.05) is 11.6 Å². The van der Waals surface area contributed by atoms with Gasteiger partial charge in [0.15, 0.2) is 0 Å². The molecule has 0 radical (unpaired) electrons. The Kier molecular flexibility index (Phi) is 4.27. The molecular formula is C13H18ClN3O2. The second-order valence-corrected chi connectivity index (χ2v) is 5.40. The molecule has 0 aliphatic carbocycles. The number of hydrogen-bond acceptors (Lipinski definition) is 4. The summed E-state index contributed by atoms with van der Waals surface area (Å²) in [4.78, 5) is 12.9. The third-order valence-electron chi connectivity index (χ3n) is 3.71. The minimum absolute atomic E-state index is 0.0941. The van der Waals surface area contributed by atoms with Crippen LogP contribution in [0.5, 0.6) is 0 Å². The van der Waals surface area contributed by atoms with Crippen LogP contribution in [0.3, 0.4) is 0 Å². The van der Waals surface area contributed by atoms with E-state index >= 15 is 0 Å². The summed E-state index contributed by atoms with van der Waals surface area (Å²) in [6, 6.07) is 5.06. The van der Waals surface area contributed by atoms with E-state index in [1.807, 2.05) is 0 Å². The molecule has 2 atom stereocenters. The minimum atomic E-state index is -0.361. The summed E-state index contributed by atoms with van der Waals surface area (Å²) < 4.78 is 0. The van der Waals surface area contributed by atoms with Crippen LogP contribution in [0, 0.1) is 10.1 Å². The van der Waals surface area contributed by atoms with Crippen LogP contribution in [0.15, 0.2) is 18.2 Å². The van der Waals surface area contributed by atoms with Crippen LogP contribution in [-0.4, -0.2) is 23.6 Å². The first-order valence-corrected chi connectivity index (χ1v) is 6.84. The Morgan fingerprint density at radius 3 is 2.89 bits per heavy atom. The summed E-state index contributed by atoms with van der Waals surface area (Å²) >= 11 is 6.00. The molecule has 1 aliphatic heterocycles. The van der Waals surface area contributed by atoms with Crippen molar-refractivity contribution in [2.75, 3.05) is 11.4 Å². The van der Waals surface area contributed by atoms with Gasteiger partial charge >= 0.3 is 0 Å². The lowest BCUT2D eigenvalue weighted by Gasteiger charge is -2.41. The minimum Gasteiger partial charge on any atom is -0.359 e. The number of anilines is 1. The monoisotopic (exact) mass is 283 g/mol. The predicted molar refractivity (Wildman–Crippen MR) is 76.7 cm³/mol. The van der Waals surface area contributed by atoms with E-state index in [0.717, 1.165) is 19.3 Å². The predicted octanol–water partition coefficient (Wildman–Crippen LogP) is 2.95. The fourth-order valence-corrected chi connectivity index (χ4v) is 2.98. The first-order chi connectivity index (χ1) is 9.04. The van der Waals surface area contributed by atoms with Crippen molar-refractivity contribution >= 4 is 23.0 Å². The fourth-order valence-electron chi connectivity index (χ4n) is 2.81. The van der Waals surface area contributed by atoms with E-state index in [9.17, 15) is 10.1 Å². The lowest BCUT2D eigenvalue weighted by Crippen LogP contribution is -2.49. The molecule has 19 heavy (non-hydrogen) atoms. The molecule has 1 fully saturated rings. The quantitative estimate of drug-likeness (QED) is 0.684. The van der Waals surface area contributed by atoms with Crippen molar-refractivity contribution in [3.63, 3.8) is 0 Å². The zero-order chi connectivity index (χ0) is 14.0. The van der Waals surface area contributed by atoms with Gasteiger partial charge in [0.25, 0.3) is 5.69 Å². The first-order valence-electron chi connectivity index (χ1n) is 6.47. The summed E-state index contributed by atoms with van der Waals surface area (Å²) in [5.74, 6) is 0. The highest BCUT2D eigenvalue weighted by Gasteiger charge is 2.31. The van der Waals surface area contributed by atoms with Gasteiger partial charge < -0.3 is 10.6 Å². The van der Waals surface area contributed by atoms with Gasteiger partial charge in [-0.2, -0.15) is 0 Å². The Labute approximate surface area is 117 Å². The molecule has 1 aromatic carbocycles. The van der Waals surface area contributed by atoms with Gasteiger partial charge in [-0.05, 0) is 38.3 Å². The maximum absolute atomic E-state index is 11.2. The van der Waals surface area contributed by atoms with Crippen LogP contribution < -0.4 is 10.6 Å². The SMILES string of the molecule is CC1CCCC(CN)N1c1cc(Cl)ccc1[N+](=O)[O-].